The summed E-state index contributed by atoms with van der Waals surface area (Å²) in [5, 5.41) is 23.1. The van der Waals surface area contributed by atoms with Gasteiger partial charge >= 0.3 is 0 Å². The molecular weight excluding hydrogens is 286 g/mol. The van der Waals surface area contributed by atoms with Crippen molar-refractivity contribution in [1.82, 2.24) is 4.90 Å². The van der Waals surface area contributed by atoms with Gasteiger partial charge in [0.2, 0.25) is 5.91 Å². The van der Waals surface area contributed by atoms with Gasteiger partial charge in [-0.25, -0.2) is 0 Å². The highest BCUT2D eigenvalue weighted by Gasteiger charge is 2.23. The number of nitrogens with two attached hydrogens (primary N) is 1. The molecule has 22 heavy (non-hydrogen) atoms. The Balaban J connectivity index is 2.02. The molecule has 1 aromatic rings. The molecule has 1 amide bonds. The SMILES string of the molecule is N#Cc1ccc(NC2CCN(CC(N)=O)CC2)c([N+](=O)[O-])c1. The largest absolute Gasteiger partial charge is 0.377 e. The van der Waals surface area contributed by atoms with Crippen LogP contribution in [0.25, 0.3) is 0 Å². The third-order valence-electron chi connectivity index (χ3n) is 3.65. The average Bonchev–Trinajstić information content (AvgIpc) is 2.49. The van der Waals surface area contributed by atoms with Crippen molar-refractivity contribution < 1.29 is 9.72 Å². The number of nitro groups is 1. The number of amides is 1. The Bertz CT molecular complexity index is 617. The van der Waals surface area contributed by atoms with Crippen molar-refractivity contribution in [3.05, 3.63) is 33.9 Å². The number of carbonyl (C=O) groups excluding carboxylic acids is 1. The highest BCUT2D eigenvalue weighted by atomic mass is 16.6. The topological polar surface area (TPSA) is 125 Å². The molecule has 1 aliphatic rings. The van der Waals surface area contributed by atoms with Crippen LogP contribution in [0.5, 0.6) is 0 Å². The third-order valence-corrected chi connectivity index (χ3v) is 3.65. The summed E-state index contributed by atoms with van der Waals surface area (Å²) in [6.45, 7) is 1.67. The summed E-state index contributed by atoms with van der Waals surface area (Å²) in [6, 6.07) is 6.37. The van der Waals surface area contributed by atoms with Crippen molar-refractivity contribution in [2.45, 2.75) is 18.9 Å². The number of hydrogen-bond acceptors (Lipinski definition) is 6. The number of hydrogen-bond donors (Lipinski definition) is 2. The Hall–Kier alpha value is -2.66. The first-order valence-electron chi connectivity index (χ1n) is 6.95. The Morgan fingerprint density at radius 2 is 2.18 bits per heavy atom. The van der Waals surface area contributed by atoms with E-state index in [1.54, 1.807) is 12.1 Å². The molecule has 2 rings (SSSR count). The molecule has 0 spiro atoms. The Morgan fingerprint density at radius 3 is 2.73 bits per heavy atom. The fraction of sp³-hybridized carbons (Fsp3) is 0.429. The van der Waals surface area contributed by atoms with E-state index in [-0.39, 0.29) is 29.7 Å². The number of primary amides is 1. The lowest BCUT2D eigenvalue weighted by molar-refractivity contribution is -0.384. The molecule has 1 saturated heterocycles. The minimum Gasteiger partial charge on any atom is -0.377 e. The summed E-state index contributed by atoms with van der Waals surface area (Å²) in [4.78, 5) is 23.5. The van der Waals surface area contributed by atoms with Gasteiger partial charge in [-0.15, -0.1) is 0 Å². The van der Waals surface area contributed by atoms with Crippen LogP contribution in [0.3, 0.4) is 0 Å². The zero-order chi connectivity index (χ0) is 16.1. The van der Waals surface area contributed by atoms with Crippen molar-refractivity contribution >= 4 is 17.3 Å². The summed E-state index contributed by atoms with van der Waals surface area (Å²) >= 11 is 0. The monoisotopic (exact) mass is 303 g/mol. The van der Waals surface area contributed by atoms with E-state index in [9.17, 15) is 14.9 Å². The second kappa shape index (κ2) is 6.87. The van der Waals surface area contributed by atoms with E-state index in [4.69, 9.17) is 11.0 Å². The summed E-state index contributed by atoms with van der Waals surface area (Å²) in [5.74, 6) is -0.353. The fourth-order valence-electron chi connectivity index (χ4n) is 2.55. The molecule has 0 aliphatic carbocycles. The molecule has 0 saturated carbocycles. The minimum absolute atomic E-state index is 0.0933. The predicted molar refractivity (Wildman–Crippen MR) is 80.1 cm³/mol. The number of carbonyl (C=O) groups is 1. The van der Waals surface area contributed by atoms with E-state index in [1.807, 2.05) is 11.0 Å². The molecule has 0 radical (unpaired) electrons. The highest BCUT2D eigenvalue weighted by Crippen LogP contribution is 2.27. The van der Waals surface area contributed by atoms with E-state index in [0.29, 0.717) is 18.8 Å². The van der Waals surface area contributed by atoms with E-state index >= 15 is 0 Å². The molecule has 1 aromatic carbocycles. The first-order chi connectivity index (χ1) is 10.5. The molecule has 0 atom stereocenters. The second-order valence-electron chi connectivity index (χ2n) is 5.26. The molecule has 3 N–H and O–H groups in total. The maximum Gasteiger partial charge on any atom is 0.293 e. The molecule has 8 heteroatoms. The molecule has 0 bridgehead atoms. The molecular formula is C14H17N5O3. The number of nitrogens with zero attached hydrogens (tertiary/aromatic N) is 3. The van der Waals surface area contributed by atoms with Gasteiger partial charge in [-0.05, 0) is 25.0 Å². The zero-order valence-corrected chi connectivity index (χ0v) is 12.0. The molecule has 0 aromatic heterocycles. The van der Waals surface area contributed by atoms with Gasteiger partial charge in [0.15, 0.2) is 0 Å². The highest BCUT2D eigenvalue weighted by molar-refractivity contribution is 5.75. The van der Waals surface area contributed by atoms with Crippen LogP contribution in [0, 0.1) is 21.4 Å². The molecule has 8 nitrogen and oxygen atoms in total. The number of nitriles is 1. The molecule has 116 valence electrons. The summed E-state index contributed by atoms with van der Waals surface area (Å²) < 4.78 is 0. The average molecular weight is 303 g/mol. The van der Waals surface area contributed by atoms with Crippen molar-refractivity contribution in [2.75, 3.05) is 25.0 Å². The lowest BCUT2D eigenvalue weighted by Gasteiger charge is -2.31. The maximum absolute atomic E-state index is 11.1. The zero-order valence-electron chi connectivity index (χ0n) is 12.0. The van der Waals surface area contributed by atoms with Crippen molar-refractivity contribution in [3.63, 3.8) is 0 Å². The number of benzene rings is 1. The second-order valence-corrected chi connectivity index (χ2v) is 5.26. The Morgan fingerprint density at radius 1 is 1.50 bits per heavy atom. The van der Waals surface area contributed by atoms with E-state index in [1.165, 1.54) is 6.07 Å². The third kappa shape index (κ3) is 3.93. The van der Waals surface area contributed by atoms with E-state index < -0.39 is 4.92 Å². The number of nitrogens with one attached hydrogen (secondary N) is 1. The smallest absolute Gasteiger partial charge is 0.293 e. The van der Waals surface area contributed by atoms with Gasteiger partial charge in [-0.3, -0.25) is 19.8 Å². The van der Waals surface area contributed by atoms with E-state index in [0.717, 1.165) is 12.8 Å². The molecule has 1 aliphatic heterocycles. The van der Waals surface area contributed by atoms with Crippen LogP contribution in [0.2, 0.25) is 0 Å². The first-order valence-corrected chi connectivity index (χ1v) is 6.95. The van der Waals surface area contributed by atoms with Gasteiger partial charge in [0.1, 0.15) is 5.69 Å². The van der Waals surface area contributed by atoms with Gasteiger partial charge in [-0.1, -0.05) is 0 Å². The maximum atomic E-state index is 11.1. The van der Waals surface area contributed by atoms with Crippen LogP contribution in [0.15, 0.2) is 18.2 Å². The van der Waals surface area contributed by atoms with Crippen LogP contribution in [0.4, 0.5) is 11.4 Å². The first kappa shape index (κ1) is 15.7. The standard InChI is InChI=1S/C14H17N5O3/c15-8-10-1-2-12(13(7-10)19(21)22)17-11-3-5-18(6-4-11)9-14(16)20/h1-2,7,11,17H,3-6,9H2,(H2,16,20). The molecule has 1 fully saturated rings. The normalized spacial score (nSPS) is 16.0. The van der Waals surface area contributed by atoms with Gasteiger partial charge in [0.05, 0.1) is 23.1 Å². The van der Waals surface area contributed by atoms with Crippen molar-refractivity contribution in [1.29, 1.82) is 5.26 Å². The van der Waals surface area contributed by atoms with Crippen LogP contribution < -0.4 is 11.1 Å². The van der Waals surface area contributed by atoms with Crippen molar-refractivity contribution in [2.24, 2.45) is 5.73 Å². The number of likely N-dealkylation sites (tertiary alicyclic amines) is 1. The molecule has 0 unspecified atom stereocenters. The van der Waals surface area contributed by atoms with Crippen LogP contribution in [0.1, 0.15) is 18.4 Å². The van der Waals surface area contributed by atoms with Crippen LogP contribution >= 0.6 is 0 Å². The number of piperidine rings is 1. The van der Waals surface area contributed by atoms with Crippen molar-refractivity contribution in [3.8, 4) is 6.07 Å². The van der Waals surface area contributed by atoms with Gasteiger partial charge in [0.25, 0.3) is 5.69 Å². The Kier molecular flexibility index (Phi) is 4.91. The lowest BCUT2D eigenvalue weighted by Crippen LogP contribution is -2.43. The fourth-order valence-corrected chi connectivity index (χ4v) is 2.55. The van der Waals surface area contributed by atoms with Gasteiger partial charge in [0, 0.05) is 25.2 Å². The molecule has 1 heterocycles. The number of anilines is 1. The lowest BCUT2D eigenvalue weighted by atomic mass is 10.0. The number of nitro benzene ring substituents is 1. The van der Waals surface area contributed by atoms with Crippen LogP contribution in [-0.2, 0) is 4.79 Å². The summed E-state index contributed by atoms with van der Waals surface area (Å²) in [6.07, 6.45) is 1.54. The van der Waals surface area contributed by atoms with Gasteiger partial charge < -0.3 is 11.1 Å². The predicted octanol–water partition coefficient (Wildman–Crippen LogP) is 0.828. The summed E-state index contributed by atoms with van der Waals surface area (Å²) in [7, 11) is 0. The quantitative estimate of drug-likeness (QED) is 0.613. The number of rotatable bonds is 5. The van der Waals surface area contributed by atoms with Gasteiger partial charge in [-0.2, -0.15) is 5.26 Å². The van der Waals surface area contributed by atoms with E-state index in [2.05, 4.69) is 5.32 Å². The summed E-state index contributed by atoms with van der Waals surface area (Å²) in [5.41, 5.74) is 5.74. The Labute approximate surface area is 127 Å². The van der Waals surface area contributed by atoms with Crippen LogP contribution in [-0.4, -0.2) is 41.4 Å². The minimum atomic E-state index is -0.495.